The molecule has 0 bridgehead atoms. The van der Waals surface area contributed by atoms with Gasteiger partial charge in [0.2, 0.25) is 0 Å². The Labute approximate surface area is 118 Å². The maximum absolute atomic E-state index is 11.6. The van der Waals surface area contributed by atoms with Gasteiger partial charge in [0, 0.05) is 17.0 Å². The maximum atomic E-state index is 11.6. The number of Topliss-reactive ketones (excluding diaryl/α,β-unsaturated/α-hetero) is 1. The minimum Gasteiger partial charge on any atom is -0.489 e. The van der Waals surface area contributed by atoms with Gasteiger partial charge in [-0.1, -0.05) is 42.8 Å². The summed E-state index contributed by atoms with van der Waals surface area (Å²) in [7, 11) is 0. The minimum absolute atomic E-state index is 0.122. The molecule has 0 saturated carbocycles. The predicted molar refractivity (Wildman–Crippen MR) is 76.8 cm³/mol. The van der Waals surface area contributed by atoms with E-state index in [1.54, 1.807) is 12.1 Å². The monoisotopic (exact) mass is 274 g/mol. The number of benzene rings is 2. The van der Waals surface area contributed by atoms with Gasteiger partial charge in [0.1, 0.15) is 12.4 Å². The summed E-state index contributed by atoms with van der Waals surface area (Å²) >= 11 is 5.82. The summed E-state index contributed by atoms with van der Waals surface area (Å²) in [5.41, 5.74) is 1.73. The van der Waals surface area contributed by atoms with Crippen LogP contribution in [0, 0.1) is 0 Å². The Bertz CT molecular complexity index is 561. The molecule has 0 aliphatic carbocycles. The van der Waals surface area contributed by atoms with Gasteiger partial charge in [-0.25, -0.2) is 0 Å². The molecule has 0 aromatic heterocycles. The summed E-state index contributed by atoms with van der Waals surface area (Å²) in [6.45, 7) is 2.31. The van der Waals surface area contributed by atoms with Crippen molar-refractivity contribution in [2.75, 3.05) is 0 Å². The first-order valence-corrected chi connectivity index (χ1v) is 6.57. The van der Waals surface area contributed by atoms with Gasteiger partial charge in [0.25, 0.3) is 0 Å². The zero-order valence-corrected chi connectivity index (χ0v) is 11.5. The third kappa shape index (κ3) is 3.83. The minimum atomic E-state index is 0.122. The van der Waals surface area contributed by atoms with Crippen LogP contribution in [0.2, 0.25) is 5.02 Å². The number of carbonyl (C=O) groups excluding carboxylic acids is 1. The number of ether oxygens (including phenoxy) is 1. The van der Waals surface area contributed by atoms with Gasteiger partial charge in [0.15, 0.2) is 5.78 Å². The molecule has 0 N–H and O–H groups in total. The molecule has 98 valence electrons. The van der Waals surface area contributed by atoms with Crippen molar-refractivity contribution in [3.05, 3.63) is 64.7 Å². The van der Waals surface area contributed by atoms with Crippen molar-refractivity contribution in [3.63, 3.8) is 0 Å². The molecule has 0 spiro atoms. The van der Waals surface area contributed by atoms with E-state index in [4.69, 9.17) is 16.3 Å². The first-order chi connectivity index (χ1) is 9.19. The van der Waals surface area contributed by atoms with Crippen molar-refractivity contribution in [1.29, 1.82) is 0 Å². The molecule has 0 fully saturated rings. The lowest BCUT2D eigenvalue weighted by Crippen LogP contribution is -1.99. The molecule has 0 radical (unpaired) electrons. The summed E-state index contributed by atoms with van der Waals surface area (Å²) in [4.78, 5) is 11.6. The van der Waals surface area contributed by atoms with Crippen LogP contribution in [0.4, 0.5) is 0 Å². The van der Waals surface area contributed by atoms with Crippen molar-refractivity contribution in [2.45, 2.75) is 20.0 Å². The SMILES string of the molecule is CCC(=O)c1cccc(OCc2ccc(Cl)cc2)c1. The highest BCUT2D eigenvalue weighted by Crippen LogP contribution is 2.17. The molecule has 2 nitrogen and oxygen atoms in total. The average molecular weight is 275 g/mol. The average Bonchev–Trinajstić information content (AvgIpc) is 2.46. The Morgan fingerprint density at radius 1 is 1.16 bits per heavy atom. The predicted octanol–water partition coefficient (Wildman–Crippen LogP) is 4.51. The highest BCUT2D eigenvalue weighted by atomic mass is 35.5. The van der Waals surface area contributed by atoms with E-state index >= 15 is 0 Å². The van der Waals surface area contributed by atoms with E-state index in [2.05, 4.69) is 0 Å². The molecular weight excluding hydrogens is 260 g/mol. The first kappa shape index (κ1) is 13.6. The van der Waals surface area contributed by atoms with Crippen molar-refractivity contribution in [3.8, 4) is 5.75 Å². The summed E-state index contributed by atoms with van der Waals surface area (Å²) in [6, 6.07) is 14.8. The molecule has 0 aliphatic rings. The second kappa shape index (κ2) is 6.39. The van der Waals surface area contributed by atoms with Gasteiger partial charge in [0.05, 0.1) is 0 Å². The zero-order chi connectivity index (χ0) is 13.7. The van der Waals surface area contributed by atoms with Gasteiger partial charge in [-0.05, 0) is 29.8 Å². The van der Waals surface area contributed by atoms with Crippen LogP contribution in [0.1, 0.15) is 29.3 Å². The summed E-state index contributed by atoms with van der Waals surface area (Å²) in [5.74, 6) is 0.825. The standard InChI is InChI=1S/C16H15ClO2/c1-2-16(18)13-4-3-5-15(10-13)19-11-12-6-8-14(17)9-7-12/h3-10H,2,11H2,1H3. The molecule has 2 rings (SSSR count). The number of rotatable bonds is 5. The molecule has 0 amide bonds. The molecule has 2 aromatic carbocycles. The Morgan fingerprint density at radius 3 is 2.58 bits per heavy atom. The van der Waals surface area contributed by atoms with Crippen LogP contribution in [0.3, 0.4) is 0 Å². The second-order valence-electron chi connectivity index (χ2n) is 4.22. The van der Waals surface area contributed by atoms with E-state index in [0.29, 0.717) is 29.4 Å². The van der Waals surface area contributed by atoms with Crippen LogP contribution in [-0.2, 0) is 6.61 Å². The van der Waals surface area contributed by atoms with E-state index in [9.17, 15) is 4.79 Å². The molecule has 0 heterocycles. The Kier molecular flexibility index (Phi) is 4.58. The fourth-order valence-corrected chi connectivity index (χ4v) is 1.84. The van der Waals surface area contributed by atoms with Gasteiger partial charge in [-0.15, -0.1) is 0 Å². The Hall–Kier alpha value is -1.80. The van der Waals surface area contributed by atoms with Crippen LogP contribution in [0.5, 0.6) is 5.75 Å². The third-order valence-corrected chi connectivity index (χ3v) is 3.05. The Morgan fingerprint density at radius 2 is 1.89 bits per heavy atom. The first-order valence-electron chi connectivity index (χ1n) is 6.19. The molecule has 3 heteroatoms. The summed E-state index contributed by atoms with van der Waals surface area (Å²) in [5, 5.41) is 0.708. The molecule has 0 atom stereocenters. The Balaban J connectivity index is 2.03. The highest BCUT2D eigenvalue weighted by molar-refractivity contribution is 6.30. The van der Waals surface area contributed by atoms with E-state index in [0.717, 1.165) is 5.56 Å². The quantitative estimate of drug-likeness (QED) is 0.750. The zero-order valence-electron chi connectivity index (χ0n) is 10.7. The van der Waals surface area contributed by atoms with Crippen LogP contribution in [-0.4, -0.2) is 5.78 Å². The van der Waals surface area contributed by atoms with Crippen LogP contribution in [0.25, 0.3) is 0 Å². The fourth-order valence-electron chi connectivity index (χ4n) is 1.71. The van der Waals surface area contributed by atoms with Gasteiger partial charge in [-0.2, -0.15) is 0 Å². The van der Waals surface area contributed by atoms with E-state index < -0.39 is 0 Å². The molecule has 0 aliphatic heterocycles. The fraction of sp³-hybridized carbons (Fsp3) is 0.188. The number of hydrogen-bond donors (Lipinski definition) is 0. The molecule has 19 heavy (non-hydrogen) atoms. The lowest BCUT2D eigenvalue weighted by Gasteiger charge is -2.07. The lowest BCUT2D eigenvalue weighted by molar-refractivity contribution is 0.0987. The van der Waals surface area contributed by atoms with Crippen molar-refractivity contribution in [1.82, 2.24) is 0 Å². The van der Waals surface area contributed by atoms with E-state index in [1.807, 2.05) is 43.3 Å². The highest BCUT2D eigenvalue weighted by Gasteiger charge is 2.04. The van der Waals surface area contributed by atoms with E-state index in [1.165, 1.54) is 0 Å². The molecule has 0 saturated heterocycles. The number of carbonyl (C=O) groups is 1. The largest absolute Gasteiger partial charge is 0.489 e. The molecular formula is C16H15ClO2. The molecule has 0 unspecified atom stereocenters. The smallest absolute Gasteiger partial charge is 0.162 e. The van der Waals surface area contributed by atoms with Crippen LogP contribution in [0.15, 0.2) is 48.5 Å². The lowest BCUT2D eigenvalue weighted by atomic mass is 10.1. The summed E-state index contributed by atoms with van der Waals surface area (Å²) in [6.07, 6.45) is 0.501. The molecule has 2 aromatic rings. The third-order valence-electron chi connectivity index (χ3n) is 2.80. The maximum Gasteiger partial charge on any atom is 0.162 e. The number of ketones is 1. The van der Waals surface area contributed by atoms with E-state index in [-0.39, 0.29) is 5.78 Å². The van der Waals surface area contributed by atoms with Crippen molar-refractivity contribution < 1.29 is 9.53 Å². The van der Waals surface area contributed by atoms with Crippen molar-refractivity contribution in [2.24, 2.45) is 0 Å². The van der Waals surface area contributed by atoms with Crippen LogP contribution < -0.4 is 4.74 Å². The van der Waals surface area contributed by atoms with Crippen LogP contribution >= 0.6 is 11.6 Å². The normalized spacial score (nSPS) is 10.2. The van der Waals surface area contributed by atoms with Gasteiger partial charge in [-0.3, -0.25) is 4.79 Å². The second-order valence-corrected chi connectivity index (χ2v) is 4.66. The van der Waals surface area contributed by atoms with Gasteiger partial charge >= 0.3 is 0 Å². The number of hydrogen-bond acceptors (Lipinski definition) is 2. The summed E-state index contributed by atoms with van der Waals surface area (Å²) < 4.78 is 5.67. The topological polar surface area (TPSA) is 26.3 Å². The number of halogens is 1. The van der Waals surface area contributed by atoms with Crippen molar-refractivity contribution >= 4 is 17.4 Å². The van der Waals surface area contributed by atoms with Gasteiger partial charge < -0.3 is 4.74 Å².